The molecule has 0 unspecified atom stereocenters. The van der Waals surface area contributed by atoms with Crippen molar-refractivity contribution in [2.45, 2.75) is 43.8 Å². The molecule has 1 spiro atoms. The SMILES string of the molecule is NC1(C(F)(F)F)CC2(CCC2)C1. The lowest BCUT2D eigenvalue weighted by molar-refractivity contribution is -0.246. The molecule has 2 aliphatic carbocycles. The normalized spacial score (nSPS) is 31.0. The summed E-state index contributed by atoms with van der Waals surface area (Å²) in [6.45, 7) is 0. The van der Waals surface area contributed by atoms with Gasteiger partial charge < -0.3 is 5.73 Å². The van der Waals surface area contributed by atoms with E-state index >= 15 is 0 Å². The Hall–Kier alpha value is -0.250. The lowest BCUT2D eigenvalue weighted by Gasteiger charge is -2.59. The Labute approximate surface area is 69.1 Å². The summed E-state index contributed by atoms with van der Waals surface area (Å²) < 4.78 is 36.8. The van der Waals surface area contributed by atoms with Crippen LogP contribution in [0.5, 0.6) is 0 Å². The van der Waals surface area contributed by atoms with Gasteiger partial charge in [0.25, 0.3) is 0 Å². The van der Waals surface area contributed by atoms with Crippen LogP contribution in [0.2, 0.25) is 0 Å². The maximum atomic E-state index is 12.3. The summed E-state index contributed by atoms with van der Waals surface area (Å²) in [7, 11) is 0. The quantitative estimate of drug-likeness (QED) is 0.606. The molecule has 2 fully saturated rings. The summed E-state index contributed by atoms with van der Waals surface area (Å²) in [5, 5.41) is 0. The van der Waals surface area contributed by atoms with Gasteiger partial charge in [0, 0.05) is 0 Å². The molecule has 2 aliphatic rings. The van der Waals surface area contributed by atoms with Crippen molar-refractivity contribution in [3.8, 4) is 0 Å². The van der Waals surface area contributed by atoms with Crippen molar-refractivity contribution < 1.29 is 13.2 Å². The van der Waals surface area contributed by atoms with E-state index in [1.807, 2.05) is 0 Å². The second-order valence-corrected chi connectivity index (χ2v) is 4.36. The van der Waals surface area contributed by atoms with Crippen LogP contribution < -0.4 is 5.73 Å². The first-order chi connectivity index (χ1) is 5.37. The maximum Gasteiger partial charge on any atom is 0.406 e. The van der Waals surface area contributed by atoms with Crippen molar-refractivity contribution in [3.63, 3.8) is 0 Å². The van der Waals surface area contributed by atoms with Gasteiger partial charge in [0.05, 0.1) is 0 Å². The smallest absolute Gasteiger partial charge is 0.318 e. The molecule has 0 aromatic carbocycles. The fourth-order valence-corrected chi connectivity index (χ4v) is 2.52. The minimum atomic E-state index is -4.20. The molecule has 1 nitrogen and oxygen atoms in total. The molecule has 4 heteroatoms. The Morgan fingerprint density at radius 3 is 1.83 bits per heavy atom. The van der Waals surface area contributed by atoms with E-state index in [0.717, 1.165) is 19.3 Å². The number of hydrogen-bond acceptors (Lipinski definition) is 1. The Kier molecular flexibility index (Phi) is 1.37. The molecule has 0 atom stereocenters. The molecule has 0 saturated heterocycles. The molecule has 0 bridgehead atoms. The van der Waals surface area contributed by atoms with E-state index in [4.69, 9.17) is 5.73 Å². The minimum absolute atomic E-state index is 0.00965. The molecule has 0 aliphatic heterocycles. The average molecular weight is 179 g/mol. The predicted octanol–water partition coefficient (Wildman–Crippen LogP) is 2.21. The summed E-state index contributed by atoms with van der Waals surface area (Å²) in [5.74, 6) is 0. The molecule has 0 heterocycles. The molecule has 12 heavy (non-hydrogen) atoms. The van der Waals surface area contributed by atoms with Gasteiger partial charge in [-0.05, 0) is 31.1 Å². The van der Waals surface area contributed by atoms with Gasteiger partial charge in [-0.2, -0.15) is 13.2 Å². The first kappa shape index (κ1) is 8.35. The predicted molar refractivity (Wildman–Crippen MR) is 38.5 cm³/mol. The molecule has 0 aromatic rings. The van der Waals surface area contributed by atoms with E-state index in [-0.39, 0.29) is 18.3 Å². The largest absolute Gasteiger partial charge is 0.406 e. The fraction of sp³-hybridized carbons (Fsp3) is 1.00. The van der Waals surface area contributed by atoms with Gasteiger partial charge in [-0.3, -0.25) is 0 Å². The van der Waals surface area contributed by atoms with Crippen LogP contribution in [0.15, 0.2) is 0 Å². The summed E-state index contributed by atoms with van der Waals surface area (Å²) in [6, 6.07) is 0. The first-order valence-corrected chi connectivity index (χ1v) is 4.23. The van der Waals surface area contributed by atoms with Gasteiger partial charge in [0.15, 0.2) is 0 Å². The number of nitrogens with two attached hydrogens (primary N) is 1. The van der Waals surface area contributed by atoms with Crippen LogP contribution in [0.4, 0.5) is 13.2 Å². The highest BCUT2D eigenvalue weighted by molar-refractivity contribution is 5.13. The van der Waals surface area contributed by atoms with Crippen molar-refractivity contribution in [2.75, 3.05) is 0 Å². The monoisotopic (exact) mass is 179 g/mol. The van der Waals surface area contributed by atoms with Gasteiger partial charge in [0.2, 0.25) is 0 Å². The van der Waals surface area contributed by atoms with Crippen molar-refractivity contribution in [2.24, 2.45) is 11.1 Å². The van der Waals surface area contributed by atoms with Crippen LogP contribution in [0.1, 0.15) is 32.1 Å². The van der Waals surface area contributed by atoms with Crippen LogP contribution in [0, 0.1) is 5.41 Å². The zero-order chi connectivity index (χ0) is 9.04. The summed E-state index contributed by atoms with van der Waals surface area (Å²) in [4.78, 5) is 0. The lowest BCUT2D eigenvalue weighted by atomic mass is 9.48. The van der Waals surface area contributed by atoms with E-state index in [1.165, 1.54) is 0 Å². The third kappa shape index (κ3) is 0.903. The average Bonchev–Trinajstić information content (AvgIpc) is 1.73. The molecular weight excluding hydrogens is 167 g/mol. The van der Waals surface area contributed by atoms with Gasteiger partial charge in [-0.15, -0.1) is 0 Å². The second-order valence-electron chi connectivity index (χ2n) is 4.36. The molecule has 0 aromatic heterocycles. The van der Waals surface area contributed by atoms with Gasteiger partial charge >= 0.3 is 6.18 Å². The number of hydrogen-bond donors (Lipinski definition) is 1. The molecule has 70 valence electrons. The zero-order valence-corrected chi connectivity index (χ0v) is 6.75. The van der Waals surface area contributed by atoms with E-state index in [0.29, 0.717) is 0 Å². The van der Waals surface area contributed by atoms with Crippen molar-refractivity contribution in [1.29, 1.82) is 0 Å². The molecule has 2 N–H and O–H groups in total. The van der Waals surface area contributed by atoms with Crippen LogP contribution >= 0.6 is 0 Å². The molecule has 2 rings (SSSR count). The third-order valence-corrected chi connectivity index (χ3v) is 3.36. The van der Waals surface area contributed by atoms with Crippen molar-refractivity contribution >= 4 is 0 Å². The fourth-order valence-electron chi connectivity index (χ4n) is 2.52. The lowest BCUT2D eigenvalue weighted by Crippen LogP contribution is -2.67. The van der Waals surface area contributed by atoms with Crippen molar-refractivity contribution in [3.05, 3.63) is 0 Å². The maximum absolute atomic E-state index is 12.3. The number of alkyl halides is 3. The van der Waals surface area contributed by atoms with Gasteiger partial charge in [-0.1, -0.05) is 6.42 Å². The molecular formula is C8H12F3N. The summed E-state index contributed by atoms with van der Waals surface area (Å²) >= 11 is 0. The molecule has 2 saturated carbocycles. The third-order valence-electron chi connectivity index (χ3n) is 3.36. The highest BCUT2D eigenvalue weighted by atomic mass is 19.4. The number of rotatable bonds is 0. The Morgan fingerprint density at radius 2 is 1.58 bits per heavy atom. The van der Waals surface area contributed by atoms with Crippen LogP contribution in [-0.4, -0.2) is 11.7 Å². The van der Waals surface area contributed by atoms with E-state index in [9.17, 15) is 13.2 Å². The minimum Gasteiger partial charge on any atom is -0.318 e. The topological polar surface area (TPSA) is 26.0 Å². The Balaban J connectivity index is 2.01. The molecule has 0 amide bonds. The Bertz CT molecular complexity index is 197. The van der Waals surface area contributed by atoms with E-state index in [2.05, 4.69) is 0 Å². The van der Waals surface area contributed by atoms with E-state index in [1.54, 1.807) is 0 Å². The highest BCUT2D eigenvalue weighted by Gasteiger charge is 2.66. The second kappa shape index (κ2) is 1.97. The van der Waals surface area contributed by atoms with Crippen molar-refractivity contribution in [1.82, 2.24) is 0 Å². The van der Waals surface area contributed by atoms with E-state index < -0.39 is 11.7 Å². The summed E-state index contributed by atoms with van der Waals surface area (Å²) in [6.07, 6.45) is -0.918. The Morgan fingerprint density at radius 1 is 1.08 bits per heavy atom. The van der Waals surface area contributed by atoms with Crippen LogP contribution in [0.3, 0.4) is 0 Å². The van der Waals surface area contributed by atoms with Gasteiger partial charge in [-0.25, -0.2) is 0 Å². The first-order valence-electron chi connectivity index (χ1n) is 4.23. The van der Waals surface area contributed by atoms with Crippen LogP contribution in [-0.2, 0) is 0 Å². The molecule has 0 radical (unpaired) electrons. The summed E-state index contributed by atoms with van der Waals surface area (Å²) in [5.41, 5.74) is 3.38. The number of halogens is 3. The van der Waals surface area contributed by atoms with Crippen LogP contribution in [0.25, 0.3) is 0 Å². The zero-order valence-electron chi connectivity index (χ0n) is 6.75. The highest BCUT2D eigenvalue weighted by Crippen LogP contribution is 2.63. The standard InChI is InChI=1S/C8H12F3N/c9-8(10,11)7(12)4-6(5-7)2-1-3-6/h1-5,12H2. The van der Waals surface area contributed by atoms with Gasteiger partial charge in [0.1, 0.15) is 5.54 Å².